The van der Waals surface area contributed by atoms with E-state index in [1.807, 2.05) is 6.08 Å². The number of ether oxygens (including phenoxy) is 2. The highest BCUT2D eigenvalue weighted by atomic mass is 16.7. The van der Waals surface area contributed by atoms with Crippen LogP contribution in [0.25, 0.3) is 0 Å². The lowest BCUT2D eigenvalue weighted by Crippen LogP contribution is -2.60. The monoisotopic (exact) mass is 1120 g/mol. The molecule has 0 saturated carbocycles. The third-order valence-electron chi connectivity index (χ3n) is 15.4. The Bertz CT molecular complexity index is 1580. The summed E-state index contributed by atoms with van der Waals surface area (Å²) in [5.41, 5.74) is 0. The second-order valence-corrected chi connectivity index (χ2v) is 22.9. The zero-order valence-corrected chi connectivity index (χ0v) is 51.6. The Labute approximate surface area is 492 Å². The lowest BCUT2D eigenvalue weighted by atomic mass is 9.99. The molecule has 1 heterocycles. The van der Waals surface area contributed by atoms with Crippen molar-refractivity contribution in [2.75, 3.05) is 13.2 Å². The van der Waals surface area contributed by atoms with Crippen molar-refractivity contribution in [3.63, 3.8) is 0 Å². The molecule has 9 nitrogen and oxygen atoms in total. The van der Waals surface area contributed by atoms with Crippen LogP contribution in [0.15, 0.2) is 97.2 Å². The molecule has 6 N–H and O–H groups in total. The first-order valence-electron chi connectivity index (χ1n) is 33.5. The molecule has 0 bridgehead atoms. The van der Waals surface area contributed by atoms with Crippen LogP contribution in [0.3, 0.4) is 0 Å². The van der Waals surface area contributed by atoms with Gasteiger partial charge in [-0.05, 0) is 83.5 Å². The predicted molar refractivity (Wildman–Crippen MR) is 341 cm³/mol. The molecule has 0 aromatic carbocycles. The molecule has 0 aromatic rings. The first-order valence-corrected chi connectivity index (χ1v) is 33.5. The van der Waals surface area contributed by atoms with Gasteiger partial charge in [0.2, 0.25) is 5.91 Å². The van der Waals surface area contributed by atoms with E-state index in [-0.39, 0.29) is 12.5 Å². The molecule has 0 aromatic heterocycles. The van der Waals surface area contributed by atoms with Crippen molar-refractivity contribution in [2.24, 2.45) is 0 Å². The third kappa shape index (κ3) is 47.6. The summed E-state index contributed by atoms with van der Waals surface area (Å²) in [6, 6.07) is -0.825. The first-order chi connectivity index (χ1) is 39.3. The van der Waals surface area contributed by atoms with Crippen LogP contribution in [0, 0.1) is 0 Å². The number of carbonyl (C=O) groups is 1. The molecule has 1 rings (SSSR count). The van der Waals surface area contributed by atoms with E-state index in [4.69, 9.17) is 9.47 Å². The minimum absolute atomic E-state index is 0.185. The highest BCUT2D eigenvalue weighted by molar-refractivity contribution is 5.76. The Morgan fingerprint density at radius 2 is 0.787 bits per heavy atom. The minimum atomic E-state index is -1.57. The SMILES string of the molecule is CC/C=C\C/C=C\C/C=C\C/C=C\C/C=C\C/C=C\CCCCCCCCCCCCCCCCCCCCCCC(=O)NC(COC1OC(CO)C(O)C(O)C1O)C(O)/C=C/CC/C=C/CCCCCCCCCCCCCC. The Balaban J connectivity index is 2.10. The maximum absolute atomic E-state index is 13.1. The van der Waals surface area contributed by atoms with Crippen molar-refractivity contribution in [1.82, 2.24) is 5.32 Å². The fraction of sp³-hybridized carbons (Fsp3) is 0.761. The van der Waals surface area contributed by atoms with Gasteiger partial charge in [0.05, 0.1) is 25.4 Å². The molecule has 0 aliphatic carbocycles. The molecule has 0 spiro atoms. The highest BCUT2D eigenvalue weighted by Crippen LogP contribution is 2.23. The largest absolute Gasteiger partial charge is 0.394 e. The second-order valence-electron chi connectivity index (χ2n) is 22.9. The van der Waals surface area contributed by atoms with Crippen molar-refractivity contribution in [2.45, 2.75) is 333 Å². The van der Waals surface area contributed by atoms with E-state index in [1.54, 1.807) is 6.08 Å². The Morgan fingerprint density at radius 1 is 0.438 bits per heavy atom. The minimum Gasteiger partial charge on any atom is -0.394 e. The Hall–Kier alpha value is -2.89. The average molecular weight is 1120 g/mol. The number of aliphatic hydroxyl groups is 5. The lowest BCUT2D eigenvalue weighted by Gasteiger charge is -2.40. The molecule has 1 saturated heterocycles. The van der Waals surface area contributed by atoms with Crippen LogP contribution in [0.5, 0.6) is 0 Å². The number of hydrogen-bond donors (Lipinski definition) is 6. The number of unbranched alkanes of at least 4 members (excludes halogenated alkanes) is 33. The predicted octanol–water partition coefficient (Wildman–Crippen LogP) is 17.9. The summed E-state index contributed by atoms with van der Waals surface area (Å²) >= 11 is 0. The Kier molecular flexibility index (Phi) is 55.7. The van der Waals surface area contributed by atoms with Gasteiger partial charge in [0.25, 0.3) is 0 Å². The summed E-state index contributed by atoms with van der Waals surface area (Å²) in [5.74, 6) is -0.185. The van der Waals surface area contributed by atoms with Gasteiger partial charge >= 0.3 is 0 Å². The van der Waals surface area contributed by atoms with Crippen molar-refractivity contribution < 1.29 is 39.8 Å². The summed E-state index contributed by atoms with van der Waals surface area (Å²) in [4.78, 5) is 13.1. The van der Waals surface area contributed by atoms with Gasteiger partial charge in [-0.1, -0.05) is 297 Å². The van der Waals surface area contributed by atoms with E-state index in [0.29, 0.717) is 6.42 Å². The summed E-state index contributed by atoms with van der Waals surface area (Å²) in [5, 5.41) is 54.6. The van der Waals surface area contributed by atoms with E-state index < -0.39 is 49.5 Å². The standard InChI is InChI=1S/C71H125NO8/c1-3-5-7-9-11-13-15-17-19-21-23-24-25-26-27-28-29-30-31-32-33-34-35-36-37-38-39-40-41-42-43-45-47-49-51-53-55-57-59-61-67(75)72-64(63-79-71-70(78)69(77)68(76)66(62-73)80-71)65(74)60-58-56-54-52-50-48-46-44-22-20-18-16-14-12-10-8-6-4-2/h5,7,11,13,17,19,23-24,26-27,29-30,50,52,58,60,64-66,68-71,73-74,76-78H,3-4,6,8-10,12,14-16,18,20-22,25,28,31-49,51,53-57,59,61-63H2,1-2H3,(H,72,75)/b7-5-,13-11-,19-17-,24-23-,27-26-,30-29-,52-50+,60-58+. The maximum atomic E-state index is 13.1. The van der Waals surface area contributed by atoms with Gasteiger partial charge < -0.3 is 40.3 Å². The number of amides is 1. The van der Waals surface area contributed by atoms with E-state index >= 15 is 0 Å². The molecule has 1 aliphatic rings. The van der Waals surface area contributed by atoms with E-state index in [1.165, 1.54) is 193 Å². The van der Waals surface area contributed by atoms with E-state index in [2.05, 4.69) is 104 Å². The molecule has 7 atom stereocenters. The van der Waals surface area contributed by atoms with Gasteiger partial charge in [-0.15, -0.1) is 0 Å². The van der Waals surface area contributed by atoms with Crippen LogP contribution in [0.1, 0.15) is 290 Å². The normalized spacial score (nSPS) is 19.1. The number of allylic oxidation sites excluding steroid dienone is 15. The second kappa shape index (κ2) is 59.3. The Morgan fingerprint density at radius 3 is 1.20 bits per heavy atom. The maximum Gasteiger partial charge on any atom is 0.220 e. The van der Waals surface area contributed by atoms with E-state index in [0.717, 1.165) is 77.0 Å². The third-order valence-corrected chi connectivity index (χ3v) is 15.4. The topological polar surface area (TPSA) is 149 Å². The zero-order chi connectivity index (χ0) is 57.9. The molecule has 1 fully saturated rings. The van der Waals surface area contributed by atoms with Crippen LogP contribution in [-0.2, 0) is 14.3 Å². The van der Waals surface area contributed by atoms with Crippen molar-refractivity contribution in [1.29, 1.82) is 0 Å². The van der Waals surface area contributed by atoms with Gasteiger partial charge in [-0.3, -0.25) is 4.79 Å². The smallest absolute Gasteiger partial charge is 0.220 e. The van der Waals surface area contributed by atoms with Gasteiger partial charge in [0, 0.05) is 6.42 Å². The molecule has 7 unspecified atom stereocenters. The molecular formula is C71H125NO8. The molecule has 1 amide bonds. The van der Waals surface area contributed by atoms with Crippen LogP contribution in [-0.4, -0.2) is 87.5 Å². The molecule has 462 valence electrons. The number of aliphatic hydroxyl groups excluding tert-OH is 5. The molecule has 0 radical (unpaired) electrons. The lowest BCUT2D eigenvalue weighted by molar-refractivity contribution is -0.302. The van der Waals surface area contributed by atoms with Crippen molar-refractivity contribution >= 4 is 5.91 Å². The van der Waals surface area contributed by atoms with Crippen LogP contribution in [0.2, 0.25) is 0 Å². The van der Waals surface area contributed by atoms with Gasteiger partial charge in [0.15, 0.2) is 6.29 Å². The number of nitrogens with one attached hydrogen (secondary N) is 1. The summed E-state index contributed by atoms with van der Waals surface area (Å²) in [6.45, 7) is 3.67. The number of carbonyl (C=O) groups excluding carboxylic acids is 1. The number of hydrogen-bond acceptors (Lipinski definition) is 8. The van der Waals surface area contributed by atoms with Crippen LogP contribution < -0.4 is 5.32 Å². The zero-order valence-electron chi connectivity index (χ0n) is 51.6. The van der Waals surface area contributed by atoms with Gasteiger partial charge in [-0.2, -0.15) is 0 Å². The number of rotatable bonds is 57. The van der Waals surface area contributed by atoms with Gasteiger partial charge in [0.1, 0.15) is 24.4 Å². The average Bonchev–Trinajstić information content (AvgIpc) is 3.46. The van der Waals surface area contributed by atoms with Crippen LogP contribution in [0.4, 0.5) is 0 Å². The quantitative estimate of drug-likeness (QED) is 0.0261. The van der Waals surface area contributed by atoms with Crippen LogP contribution >= 0.6 is 0 Å². The molecule has 9 heteroatoms. The van der Waals surface area contributed by atoms with Crippen molar-refractivity contribution in [3.05, 3.63) is 97.2 Å². The van der Waals surface area contributed by atoms with Crippen molar-refractivity contribution in [3.8, 4) is 0 Å². The summed E-state index contributed by atoms with van der Waals surface area (Å²) < 4.78 is 11.3. The van der Waals surface area contributed by atoms with E-state index in [9.17, 15) is 30.3 Å². The molecular weight excluding hydrogens is 995 g/mol. The van der Waals surface area contributed by atoms with Gasteiger partial charge in [-0.25, -0.2) is 0 Å². The summed E-state index contributed by atoms with van der Waals surface area (Å²) in [7, 11) is 0. The summed E-state index contributed by atoms with van der Waals surface area (Å²) in [6.07, 6.45) is 79.4. The molecule has 1 aliphatic heterocycles. The highest BCUT2D eigenvalue weighted by Gasteiger charge is 2.44. The fourth-order valence-corrected chi connectivity index (χ4v) is 10.2. The first kappa shape index (κ1) is 75.1. The fourth-order valence-electron chi connectivity index (χ4n) is 10.2. The molecule has 80 heavy (non-hydrogen) atoms.